The smallest absolute Gasteiger partial charge is 0.239 e. The van der Waals surface area contributed by atoms with Crippen LogP contribution >= 0.6 is 11.3 Å². The van der Waals surface area contributed by atoms with Gasteiger partial charge >= 0.3 is 0 Å². The van der Waals surface area contributed by atoms with E-state index in [2.05, 4.69) is 52.6 Å². The number of nitrogens with one attached hydrogen (secondary N) is 2. The molecule has 0 aliphatic heterocycles. The van der Waals surface area contributed by atoms with Crippen LogP contribution in [-0.4, -0.2) is 54.5 Å². The molecule has 0 saturated carbocycles. The number of amides is 1. The van der Waals surface area contributed by atoms with Crippen LogP contribution in [0.3, 0.4) is 0 Å². The average molecular weight is 350 g/mol. The third-order valence-corrected chi connectivity index (χ3v) is 4.85. The van der Waals surface area contributed by atoms with Gasteiger partial charge in [0, 0.05) is 11.4 Å². The third kappa shape index (κ3) is 5.42. The van der Waals surface area contributed by atoms with E-state index in [1.165, 1.54) is 4.88 Å². The topological polar surface area (TPSA) is 70.2 Å². The van der Waals surface area contributed by atoms with Gasteiger partial charge in [0.05, 0.1) is 11.9 Å². The minimum atomic E-state index is -0.00443. The Bertz CT molecular complexity index is 683. The van der Waals surface area contributed by atoms with E-state index in [1.807, 2.05) is 6.92 Å². The molecule has 0 radical (unpaired) electrons. The van der Waals surface area contributed by atoms with E-state index in [-0.39, 0.29) is 12.5 Å². The highest BCUT2D eigenvalue weighted by molar-refractivity contribution is 7.18. The standard InChI is InChI=1S/C17H27N5OS/c1-5-13-10-14-16(20-12(2)21-17(14)24-13)19-11-15(23)18-8-6-7-9-22(3)4/h10H,5-9,11H2,1-4H3,(H,18,23)(H,19,20,21). The molecule has 132 valence electrons. The van der Waals surface area contributed by atoms with Gasteiger partial charge in [-0.15, -0.1) is 11.3 Å². The molecule has 0 spiro atoms. The highest BCUT2D eigenvalue weighted by Crippen LogP contribution is 2.29. The summed E-state index contributed by atoms with van der Waals surface area (Å²) in [7, 11) is 4.11. The highest BCUT2D eigenvalue weighted by Gasteiger charge is 2.10. The van der Waals surface area contributed by atoms with Crippen molar-refractivity contribution in [2.45, 2.75) is 33.1 Å². The second-order valence-electron chi connectivity index (χ2n) is 6.12. The van der Waals surface area contributed by atoms with Crippen LogP contribution in [0, 0.1) is 6.92 Å². The fourth-order valence-corrected chi connectivity index (χ4v) is 3.41. The first kappa shape index (κ1) is 18.6. The van der Waals surface area contributed by atoms with Gasteiger partial charge in [0.1, 0.15) is 16.5 Å². The average Bonchev–Trinajstić information content (AvgIpc) is 2.94. The van der Waals surface area contributed by atoms with Crippen molar-refractivity contribution in [1.82, 2.24) is 20.2 Å². The van der Waals surface area contributed by atoms with Gasteiger partial charge in [-0.25, -0.2) is 9.97 Å². The van der Waals surface area contributed by atoms with E-state index in [1.54, 1.807) is 11.3 Å². The molecule has 6 nitrogen and oxygen atoms in total. The van der Waals surface area contributed by atoms with Crippen LogP contribution in [0.1, 0.15) is 30.5 Å². The summed E-state index contributed by atoms with van der Waals surface area (Å²) in [6.07, 6.45) is 3.05. The second kappa shape index (κ2) is 8.94. The number of nitrogens with zero attached hydrogens (tertiary/aromatic N) is 3. The Balaban J connectivity index is 1.86. The van der Waals surface area contributed by atoms with Gasteiger partial charge in [-0.3, -0.25) is 4.79 Å². The van der Waals surface area contributed by atoms with Crippen molar-refractivity contribution in [3.63, 3.8) is 0 Å². The number of rotatable bonds is 9. The largest absolute Gasteiger partial charge is 0.360 e. The zero-order valence-electron chi connectivity index (χ0n) is 15.0. The molecule has 2 aromatic rings. The van der Waals surface area contributed by atoms with Crippen LogP contribution in [-0.2, 0) is 11.2 Å². The van der Waals surface area contributed by atoms with Crippen LogP contribution in [0.4, 0.5) is 5.82 Å². The number of carbonyl (C=O) groups excluding carboxylic acids is 1. The Morgan fingerprint density at radius 1 is 1.29 bits per heavy atom. The Hall–Kier alpha value is -1.73. The Labute approximate surface area is 147 Å². The molecule has 0 saturated heterocycles. The summed E-state index contributed by atoms with van der Waals surface area (Å²) in [6.45, 7) is 5.99. The zero-order chi connectivity index (χ0) is 17.5. The molecule has 7 heteroatoms. The number of thiophene rings is 1. The van der Waals surface area contributed by atoms with Crippen LogP contribution in [0.15, 0.2) is 6.07 Å². The van der Waals surface area contributed by atoms with Gasteiger partial charge in [-0.1, -0.05) is 6.92 Å². The van der Waals surface area contributed by atoms with Crippen molar-refractivity contribution in [2.24, 2.45) is 0 Å². The summed E-state index contributed by atoms with van der Waals surface area (Å²) in [5.74, 6) is 1.46. The minimum absolute atomic E-state index is 0.00443. The highest BCUT2D eigenvalue weighted by atomic mass is 32.1. The van der Waals surface area contributed by atoms with E-state index in [4.69, 9.17) is 0 Å². The first-order valence-electron chi connectivity index (χ1n) is 8.42. The van der Waals surface area contributed by atoms with Crippen molar-refractivity contribution < 1.29 is 4.79 Å². The normalized spacial score (nSPS) is 11.2. The van der Waals surface area contributed by atoms with Gasteiger partial charge in [0.2, 0.25) is 5.91 Å². The lowest BCUT2D eigenvalue weighted by Gasteiger charge is -2.10. The van der Waals surface area contributed by atoms with Gasteiger partial charge in [0.25, 0.3) is 0 Å². The number of hydrogen-bond acceptors (Lipinski definition) is 6. The van der Waals surface area contributed by atoms with Crippen LogP contribution in [0.25, 0.3) is 10.2 Å². The van der Waals surface area contributed by atoms with Gasteiger partial charge in [-0.2, -0.15) is 0 Å². The maximum absolute atomic E-state index is 12.0. The Morgan fingerprint density at radius 2 is 2.08 bits per heavy atom. The number of carbonyl (C=O) groups is 1. The molecule has 0 aliphatic rings. The minimum Gasteiger partial charge on any atom is -0.360 e. The summed E-state index contributed by atoms with van der Waals surface area (Å²) < 4.78 is 0. The molecular formula is C17H27N5OS. The second-order valence-corrected chi connectivity index (χ2v) is 7.23. The lowest BCUT2D eigenvalue weighted by molar-refractivity contribution is -0.119. The van der Waals surface area contributed by atoms with Crippen LogP contribution in [0.5, 0.6) is 0 Å². The predicted molar refractivity (Wildman–Crippen MR) is 101 cm³/mol. The fraction of sp³-hybridized carbons (Fsp3) is 0.588. The molecule has 0 fully saturated rings. The Kier molecular flexibility index (Phi) is 6.93. The molecule has 1 amide bonds. The monoisotopic (exact) mass is 349 g/mol. The quantitative estimate of drug-likeness (QED) is 0.681. The maximum Gasteiger partial charge on any atom is 0.239 e. The summed E-state index contributed by atoms with van der Waals surface area (Å²) >= 11 is 1.69. The molecule has 0 unspecified atom stereocenters. The summed E-state index contributed by atoms with van der Waals surface area (Å²) in [5.41, 5.74) is 0. The molecule has 0 aliphatic carbocycles. The zero-order valence-corrected chi connectivity index (χ0v) is 15.8. The van der Waals surface area contributed by atoms with Gasteiger partial charge in [0.15, 0.2) is 0 Å². The number of aryl methyl sites for hydroxylation is 2. The number of aromatic nitrogens is 2. The summed E-state index contributed by atoms with van der Waals surface area (Å²) in [5, 5.41) is 7.11. The molecule has 0 atom stereocenters. The van der Waals surface area contributed by atoms with Gasteiger partial charge in [-0.05, 0) is 52.9 Å². The van der Waals surface area contributed by atoms with Crippen molar-refractivity contribution in [1.29, 1.82) is 0 Å². The van der Waals surface area contributed by atoms with Crippen molar-refractivity contribution in [2.75, 3.05) is 39.0 Å². The molecule has 0 aromatic carbocycles. The van der Waals surface area contributed by atoms with E-state index in [0.717, 1.165) is 47.7 Å². The lowest BCUT2D eigenvalue weighted by Crippen LogP contribution is -2.31. The predicted octanol–water partition coefficient (Wildman–Crippen LogP) is 2.43. The SMILES string of the molecule is CCc1cc2c(NCC(=O)NCCCCN(C)C)nc(C)nc2s1. The molecule has 0 bridgehead atoms. The summed E-state index contributed by atoms with van der Waals surface area (Å²) in [6, 6.07) is 2.11. The summed E-state index contributed by atoms with van der Waals surface area (Å²) in [4.78, 5) is 25.3. The van der Waals surface area contributed by atoms with Crippen molar-refractivity contribution in [3.05, 3.63) is 16.8 Å². The molecule has 2 rings (SSSR count). The first-order chi connectivity index (χ1) is 11.5. The van der Waals surface area contributed by atoms with E-state index >= 15 is 0 Å². The lowest BCUT2D eigenvalue weighted by atomic mass is 10.3. The number of fused-ring (bicyclic) bond motifs is 1. The van der Waals surface area contributed by atoms with Crippen molar-refractivity contribution in [3.8, 4) is 0 Å². The number of unbranched alkanes of at least 4 members (excludes halogenated alkanes) is 1. The van der Waals surface area contributed by atoms with Crippen LogP contribution < -0.4 is 10.6 Å². The van der Waals surface area contributed by atoms with Crippen LogP contribution in [0.2, 0.25) is 0 Å². The van der Waals surface area contributed by atoms with Gasteiger partial charge < -0.3 is 15.5 Å². The fourth-order valence-electron chi connectivity index (χ4n) is 2.39. The molecular weight excluding hydrogens is 322 g/mol. The maximum atomic E-state index is 12.0. The molecule has 2 heterocycles. The molecule has 2 N–H and O–H groups in total. The number of anilines is 1. The van der Waals surface area contributed by atoms with Crippen molar-refractivity contribution >= 4 is 33.3 Å². The Morgan fingerprint density at radius 3 is 2.79 bits per heavy atom. The van der Waals surface area contributed by atoms with E-state index in [9.17, 15) is 4.79 Å². The van der Waals surface area contributed by atoms with E-state index in [0.29, 0.717) is 6.54 Å². The van der Waals surface area contributed by atoms with E-state index < -0.39 is 0 Å². The molecule has 24 heavy (non-hydrogen) atoms. The molecule has 2 aromatic heterocycles. The third-order valence-electron chi connectivity index (χ3n) is 3.67. The number of hydrogen-bond donors (Lipinski definition) is 2. The first-order valence-corrected chi connectivity index (χ1v) is 9.23.